The zero-order chi connectivity index (χ0) is 8.10. The molecule has 1 rings (SSSR count). The highest BCUT2D eigenvalue weighted by Crippen LogP contribution is 2.23. The van der Waals surface area contributed by atoms with Gasteiger partial charge in [0.05, 0.1) is 6.04 Å². The summed E-state index contributed by atoms with van der Waals surface area (Å²) >= 11 is 0. The Labute approximate surface area is 68.3 Å². The monoisotopic (exact) mass is 155 g/mol. The van der Waals surface area contributed by atoms with Gasteiger partial charge in [0.15, 0.2) is 0 Å². The molecule has 0 bridgehead atoms. The Morgan fingerprint density at radius 1 is 1.09 bits per heavy atom. The van der Waals surface area contributed by atoms with Crippen molar-refractivity contribution in [1.82, 2.24) is 0 Å². The average molecular weight is 155 g/mol. The van der Waals surface area contributed by atoms with E-state index in [1.165, 1.54) is 25.7 Å². The molecule has 2 nitrogen and oxygen atoms in total. The standard InChI is InChI=1S/C9H17NO/c1-8-4-2-6-9(10-11)7-3-5-8/h8-9H,2-7H2,1H3. The molecule has 1 fully saturated rings. The van der Waals surface area contributed by atoms with Crippen LogP contribution in [0.5, 0.6) is 0 Å². The number of hydrogen-bond donors (Lipinski definition) is 0. The first-order valence-electron chi connectivity index (χ1n) is 4.65. The lowest BCUT2D eigenvalue weighted by Gasteiger charge is -2.17. The van der Waals surface area contributed by atoms with Crippen LogP contribution in [0.25, 0.3) is 0 Å². The molecule has 0 aliphatic heterocycles. The quantitative estimate of drug-likeness (QED) is 0.535. The predicted molar refractivity (Wildman–Crippen MR) is 46.4 cm³/mol. The van der Waals surface area contributed by atoms with Crippen molar-refractivity contribution in [3.8, 4) is 0 Å². The minimum atomic E-state index is 0.127. The van der Waals surface area contributed by atoms with E-state index in [-0.39, 0.29) is 6.04 Å². The van der Waals surface area contributed by atoms with Gasteiger partial charge in [-0.1, -0.05) is 37.8 Å². The Morgan fingerprint density at radius 3 is 2.09 bits per heavy atom. The Balaban J connectivity index is 2.28. The summed E-state index contributed by atoms with van der Waals surface area (Å²) < 4.78 is 0. The summed E-state index contributed by atoms with van der Waals surface area (Å²) in [6, 6.07) is 0.127. The van der Waals surface area contributed by atoms with E-state index >= 15 is 0 Å². The highest BCUT2D eigenvalue weighted by molar-refractivity contribution is 4.70. The van der Waals surface area contributed by atoms with Gasteiger partial charge in [0.2, 0.25) is 0 Å². The molecule has 0 N–H and O–H groups in total. The molecular formula is C9H17NO. The third kappa shape index (κ3) is 3.00. The van der Waals surface area contributed by atoms with Crippen LogP contribution in [0.2, 0.25) is 0 Å². The van der Waals surface area contributed by atoms with Gasteiger partial charge in [-0.25, -0.2) is 0 Å². The van der Waals surface area contributed by atoms with Crippen LogP contribution in [0, 0.1) is 10.8 Å². The van der Waals surface area contributed by atoms with Crippen LogP contribution in [0.15, 0.2) is 5.18 Å². The van der Waals surface area contributed by atoms with Gasteiger partial charge in [0.1, 0.15) is 0 Å². The molecule has 0 aromatic heterocycles. The number of hydrogen-bond acceptors (Lipinski definition) is 2. The van der Waals surface area contributed by atoms with Crippen LogP contribution >= 0.6 is 0 Å². The van der Waals surface area contributed by atoms with E-state index in [4.69, 9.17) is 0 Å². The number of nitroso groups, excluding NO2 is 1. The third-order valence-corrected chi connectivity index (χ3v) is 2.62. The molecule has 0 atom stereocenters. The van der Waals surface area contributed by atoms with Gasteiger partial charge in [-0.3, -0.25) is 0 Å². The van der Waals surface area contributed by atoms with Crippen molar-refractivity contribution in [3.05, 3.63) is 4.91 Å². The molecular weight excluding hydrogens is 138 g/mol. The van der Waals surface area contributed by atoms with Crippen molar-refractivity contribution in [2.45, 2.75) is 51.5 Å². The van der Waals surface area contributed by atoms with Crippen LogP contribution in [0.4, 0.5) is 0 Å². The van der Waals surface area contributed by atoms with E-state index in [1.54, 1.807) is 0 Å². The summed E-state index contributed by atoms with van der Waals surface area (Å²) in [6.07, 6.45) is 6.99. The Bertz CT molecular complexity index is 115. The molecule has 1 aliphatic rings. The van der Waals surface area contributed by atoms with Crippen LogP contribution in [0.1, 0.15) is 45.4 Å². The maximum atomic E-state index is 10.3. The van der Waals surface area contributed by atoms with Crippen molar-refractivity contribution in [2.75, 3.05) is 0 Å². The van der Waals surface area contributed by atoms with Gasteiger partial charge in [-0.2, -0.15) is 4.91 Å². The molecule has 11 heavy (non-hydrogen) atoms. The largest absolute Gasteiger partial charge is 0.151 e. The molecule has 0 radical (unpaired) electrons. The Morgan fingerprint density at radius 2 is 1.64 bits per heavy atom. The zero-order valence-electron chi connectivity index (χ0n) is 7.25. The maximum absolute atomic E-state index is 10.3. The lowest BCUT2D eigenvalue weighted by atomic mass is 9.91. The molecule has 2 heteroatoms. The molecule has 0 aromatic carbocycles. The van der Waals surface area contributed by atoms with E-state index in [9.17, 15) is 4.91 Å². The van der Waals surface area contributed by atoms with Crippen molar-refractivity contribution in [3.63, 3.8) is 0 Å². The summed E-state index contributed by atoms with van der Waals surface area (Å²) in [5, 5.41) is 3.12. The van der Waals surface area contributed by atoms with E-state index < -0.39 is 0 Å². The van der Waals surface area contributed by atoms with E-state index in [2.05, 4.69) is 12.1 Å². The molecule has 0 amide bonds. The fourth-order valence-corrected chi connectivity index (χ4v) is 1.80. The van der Waals surface area contributed by atoms with Crippen molar-refractivity contribution >= 4 is 0 Å². The SMILES string of the molecule is CC1CCCC(N=O)CCC1. The molecule has 0 unspecified atom stereocenters. The smallest absolute Gasteiger partial charge is 0.0919 e. The lowest BCUT2D eigenvalue weighted by Crippen LogP contribution is -2.09. The van der Waals surface area contributed by atoms with Crippen LogP contribution in [-0.2, 0) is 0 Å². The highest BCUT2D eigenvalue weighted by atomic mass is 16.3. The number of rotatable bonds is 1. The van der Waals surface area contributed by atoms with E-state index in [1.807, 2.05) is 0 Å². The molecule has 0 saturated heterocycles. The van der Waals surface area contributed by atoms with Crippen LogP contribution < -0.4 is 0 Å². The Hall–Kier alpha value is -0.400. The zero-order valence-corrected chi connectivity index (χ0v) is 7.25. The van der Waals surface area contributed by atoms with Crippen molar-refractivity contribution in [1.29, 1.82) is 0 Å². The number of nitrogens with zero attached hydrogens (tertiary/aromatic N) is 1. The molecule has 0 spiro atoms. The fraction of sp³-hybridized carbons (Fsp3) is 1.00. The van der Waals surface area contributed by atoms with Gasteiger partial charge in [0, 0.05) is 0 Å². The summed E-state index contributed by atoms with van der Waals surface area (Å²) in [7, 11) is 0. The molecule has 1 aliphatic carbocycles. The lowest BCUT2D eigenvalue weighted by molar-refractivity contribution is 0.378. The first kappa shape index (κ1) is 8.69. The summed E-state index contributed by atoms with van der Waals surface area (Å²) in [4.78, 5) is 10.3. The van der Waals surface area contributed by atoms with Crippen molar-refractivity contribution < 1.29 is 0 Å². The Kier molecular flexibility index (Phi) is 3.53. The van der Waals surface area contributed by atoms with Gasteiger partial charge >= 0.3 is 0 Å². The first-order valence-corrected chi connectivity index (χ1v) is 4.65. The highest BCUT2D eigenvalue weighted by Gasteiger charge is 2.13. The first-order chi connectivity index (χ1) is 5.33. The van der Waals surface area contributed by atoms with Gasteiger partial charge in [0.25, 0.3) is 0 Å². The van der Waals surface area contributed by atoms with E-state index in [0.717, 1.165) is 18.8 Å². The second-order valence-electron chi connectivity index (χ2n) is 3.73. The molecule has 1 saturated carbocycles. The molecule has 64 valence electrons. The second kappa shape index (κ2) is 4.47. The van der Waals surface area contributed by atoms with Gasteiger partial charge in [-0.15, -0.1) is 0 Å². The normalized spacial score (nSPS) is 33.9. The summed E-state index contributed by atoms with van der Waals surface area (Å²) in [5.74, 6) is 0.864. The average Bonchev–Trinajstić information content (AvgIpc) is 1.96. The topological polar surface area (TPSA) is 29.4 Å². The van der Waals surface area contributed by atoms with Gasteiger partial charge in [-0.05, 0) is 18.8 Å². The predicted octanol–water partition coefficient (Wildman–Crippen LogP) is 3.11. The van der Waals surface area contributed by atoms with Crippen molar-refractivity contribution in [2.24, 2.45) is 11.1 Å². The van der Waals surface area contributed by atoms with Crippen LogP contribution in [-0.4, -0.2) is 6.04 Å². The van der Waals surface area contributed by atoms with Crippen LogP contribution in [0.3, 0.4) is 0 Å². The fourth-order valence-electron chi connectivity index (χ4n) is 1.80. The second-order valence-corrected chi connectivity index (χ2v) is 3.73. The molecule has 0 heterocycles. The minimum absolute atomic E-state index is 0.127. The maximum Gasteiger partial charge on any atom is 0.0919 e. The minimum Gasteiger partial charge on any atom is -0.151 e. The summed E-state index contributed by atoms with van der Waals surface area (Å²) in [5.41, 5.74) is 0. The third-order valence-electron chi connectivity index (χ3n) is 2.62. The summed E-state index contributed by atoms with van der Waals surface area (Å²) in [6.45, 7) is 2.30. The van der Waals surface area contributed by atoms with Gasteiger partial charge < -0.3 is 0 Å². The molecule has 0 aromatic rings. The van der Waals surface area contributed by atoms with E-state index in [0.29, 0.717) is 0 Å².